The monoisotopic (exact) mass is 626 g/mol. The molecule has 1 saturated carbocycles. The Bertz CT molecular complexity index is 1690. The zero-order valence-corrected chi connectivity index (χ0v) is 24.4. The number of hydrogen-bond acceptors (Lipinski definition) is 13. The molecule has 18 heteroatoms. The Morgan fingerprint density at radius 3 is 2.86 bits per heavy atom. The molecular formula is C25H26N10O6S2. The molecule has 5 heterocycles. The second kappa shape index (κ2) is 11.3. The molecule has 2 atom stereocenters. The Morgan fingerprint density at radius 1 is 1.37 bits per heavy atom. The summed E-state index contributed by atoms with van der Waals surface area (Å²) in [4.78, 5) is 61.0. The number of amides is 3. The summed E-state index contributed by atoms with van der Waals surface area (Å²) in [5.74, 6) is -2.31. The number of carbonyl (C=O) groups is 4. The standard InChI is InChI=1S/C25H26N10O6S2/c1-25(6-2-3-7-25)41-31-16(19-30-24(26)43-32-19)20(37)29-17-21(38)34-18(23(39)40)13(11-42-22(17)34)9-33-10-14(27-12-36)35-15(33)5-4-8-28-35/h4-5,8,10,12,17,22H,2-3,6-7,9,11H2,1H3,(H4-,26,27,28,29,30,32,36,37,39,40)/b31-16-/t17-,22-/m1/s1. The third-order valence-corrected chi connectivity index (χ3v) is 9.40. The van der Waals surface area contributed by atoms with E-state index in [-0.39, 0.29) is 34.7 Å². The number of aliphatic carboxylic acids is 1. The molecule has 0 bridgehead atoms. The van der Waals surface area contributed by atoms with Gasteiger partial charge in [0.2, 0.25) is 17.9 Å². The van der Waals surface area contributed by atoms with Gasteiger partial charge in [0.1, 0.15) is 23.6 Å². The van der Waals surface area contributed by atoms with E-state index in [0.29, 0.717) is 23.4 Å². The number of aromatic nitrogens is 5. The molecule has 0 aromatic carbocycles. The van der Waals surface area contributed by atoms with Crippen molar-refractivity contribution in [2.24, 2.45) is 5.16 Å². The van der Waals surface area contributed by atoms with Gasteiger partial charge in [0.15, 0.2) is 11.3 Å². The number of rotatable bonds is 10. The zero-order chi connectivity index (χ0) is 30.3. The Balaban J connectivity index is 1.23. The Morgan fingerprint density at radius 2 is 2.16 bits per heavy atom. The molecule has 2 aliphatic heterocycles. The minimum absolute atomic E-state index is 0.0334. The van der Waals surface area contributed by atoms with Crippen LogP contribution in [0.15, 0.2) is 41.0 Å². The molecule has 1 aliphatic carbocycles. The van der Waals surface area contributed by atoms with E-state index >= 15 is 0 Å². The number of nitrogens with zero attached hydrogens (tertiary/aromatic N) is 7. The Hall–Kier alpha value is -4.58. The van der Waals surface area contributed by atoms with E-state index in [1.165, 1.54) is 16.3 Å². The van der Waals surface area contributed by atoms with Gasteiger partial charge in [-0.3, -0.25) is 24.6 Å². The fourth-order valence-electron chi connectivity index (χ4n) is 5.41. The SMILES string of the molecule is CC1(O/N=C(\C(=O)N[C@@H]2C(=O)N3C(C(=O)[O-])=C(C[n+]4cc(NC=O)n5ncccc54)CS[C@H]23)c2nsc(N)n2)CCCC1. The van der Waals surface area contributed by atoms with Crippen LogP contribution in [0.1, 0.15) is 38.4 Å². The predicted octanol–water partition coefficient (Wildman–Crippen LogP) is -1.22. The van der Waals surface area contributed by atoms with Crippen molar-refractivity contribution in [3.05, 3.63) is 41.6 Å². The summed E-state index contributed by atoms with van der Waals surface area (Å²) in [6, 6.07) is 2.42. The summed E-state index contributed by atoms with van der Waals surface area (Å²) in [6.45, 7) is 1.99. The van der Waals surface area contributed by atoms with Crippen molar-refractivity contribution >= 4 is 69.8 Å². The molecule has 3 aliphatic rings. The number of nitrogens with one attached hydrogen (secondary N) is 2. The molecule has 3 aromatic rings. The van der Waals surface area contributed by atoms with Gasteiger partial charge in [0.05, 0.1) is 17.9 Å². The molecule has 43 heavy (non-hydrogen) atoms. The van der Waals surface area contributed by atoms with Gasteiger partial charge >= 0.3 is 5.65 Å². The molecule has 2 fully saturated rings. The average molecular weight is 627 g/mol. The molecule has 6 rings (SSSR count). The number of thioether (sulfide) groups is 1. The number of anilines is 2. The van der Waals surface area contributed by atoms with Gasteiger partial charge in [-0.15, -0.1) is 11.8 Å². The van der Waals surface area contributed by atoms with Crippen LogP contribution in [0.25, 0.3) is 5.65 Å². The van der Waals surface area contributed by atoms with Gasteiger partial charge in [-0.25, -0.2) is 4.57 Å². The van der Waals surface area contributed by atoms with Gasteiger partial charge in [0, 0.05) is 28.9 Å². The van der Waals surface area contributed by atoms with E-state index in [4.69, 9.17) is 10.6 Å². The highest BCUT2D eigenvalue weighted by atomic mass is 32.2. The van der Waals surface area contributed by atoms with Crippen molar-refractivity contribution in [1.29, 1.82) is 0 Å². The van der Waals surface area contributed by atoms with Gasteiger partial charge < -0.3 is 25.8 Å². The lowest BCUT2D eigenvalue weighted by molar-refractivity contribution is -0.662. The van der Waals surface area contributed by atoms with Crippen molar-refractivity contribution in [3.8, 4) is 0 Å². The average Bonchev–Trinajstić information content (AvgIpc) is 3.71. The van der Waals surface area contributed by atoms with Crippen LogP contribution in [0.2, 0.25) is 0 Å². The number of carboxylic acids is 1. The van der Waals surface area contributed by atoms with E-state index in [9.17, 15) is 24.3 Å². The van der Waals surface area contributed by atoms with Crippen LogP contribution in [0.5, 0.6) is 0 Å². The topological polar surface area (TPSA) is 213 Å². The van der Waals surface area contributed by atoms with E-state index in [1.807, 2.05) is 6.92 Å². The van der Waals surface area contributed by atoms with Crippen LogP contribution >= 0.6 is 23.3 Å². The van der Waals surface area contributed by atoms with Crippen LogP contribution < -0.4 is 26.0 Å². The van der Waals surface area contributed by atoms with E-state index < -0.39 is 34.8 Å². The number of oxime groups is 1. The molecule has 0 unspecified atom stereocenters. The molecule has 0 spiro atoms. The van der Waals surface area contributed by atoms with Gasteiger partial charge in [-0.1, -0.05) is 14.8 Å². The Kier molecular flexibility index (Phi) is 7.47. The maximum atomic E-state index is 13.4. The number of nitrogen functional groups attached to an aromatic ring is 1. The second-order valence-electron chi connectivity index (χ2n) is 10.4. The molecule has 4 N–H and O–H groups in total. The molecule has 3 aromatic heterocycles. The second-order valence-corrected chi connectivity index (χ2v) is 12.3. The van der Waals surface area contributed by atoms with Crippen molar-refractivity contribution < 1.29 is 33.7 Å². The number of carboxylic acid groups (broad SMARTS) is 1. The number of hydrogen-bond donors (Lipinski definition) is 3. The maximum Gasteiger partial charge on any atom is 0.309 e. The van der Waals surface area contributed by atoms with E-state index in [0.717, 1.165) is 42.1 Å². The van der Waals surface area contributed by atoms with Gasteiger partial charge in [0.25, 0.3) is 17.6 Å². The number of β-lactam (4-membered cyclic amide) rings is 1. The number of imidazole rings is 1. The smallest absolute Gasteiger partial charge is 0.309 e. The Labute approximate surface area is 252 Å². The van der Waals surface area contributed by atoms with Crippen molar-refractivity contribution in [3.63, 3.8) is 0 Å². The molecule has 0 radical (unpaired) electrons. The molecule has 1 saturated heterocycles. The zero-order valence-electron chi connectivity index (χ0n) is 22.8. The lowest BCUT2D eigenvalue weighted by Gasteiger charge is -2.50. The van der Waals surface area contributed by atoms with Crippen LogP contribution in [-0.2, 0) is 30.6 Å². The van der Waals surface area contributed by atoms with Crippen LogP contribution in [-0.4, -0.2) is 76.5 Å². The minimum Gasteiger partial charge on any atom is -0.543 e. The predicted molar refractivity (Wildman–Crippen MR) is 151 cm³/mol. The first-order valence-corrected chi connectivity index (χ1v) is 15.1. The summed E-state index contributed by atoms with van der Waals surface area (Å²) < 4.78 is 7.29. The van der Waals surface area contributed by atoms with Crippen LogP contribution in [0.3, 0.4) is 0 Å². The summed E-state index contributed by atoms with van der Waals surface area (Å²) in [5.41, 5.74) is 5.70. The van der Waals surface area contributed by atoms with Crippen molar-refractivity contribution in [1.82, 2.24) is 29.2 Å². The lowest BCUT2D eigenvalue weighted by atomic mass is 10.0. The highest BCUT2D eigenvalue weighted by molar-refractivity contribution is 8.00. The van der Waals surface area contributed by atoms with Gasteiger partial charge in [-0.2, -0.15) is 9.36 Å². The molecule has 16 nitrogen and oxygen atoms in total. The third kappa shape index (κ3) is 5.27. The van der Waals surface area contributed by atoms with Crippen molar-refractivity contribution in [2.75, 3.05) is 16.8 Å². The van der Waals surface area contributed by atoms with E-state index in [2.05, 4.69) is 30.2 Å². The van der Waals surface area contributed by atoms with Crippen LogP contribution in [0.4, 0.5) is 10.9 Å². The number of nitrogens with two attached hydrogens (primary N) is 1. The quantitative estimate of drug-likeness (QED) is 0.0798. The fourth-order valence-corrected chi connectivity index (χ4v) is 7.18. The molecule has 3 amide bonds. The number of fused-ring (bicyclic) bond motifs is 2. The molecule has 224 valence electrons. The highest BCUT2D eigenvalue weighted by Gasteiger charge is 2.53. The third-order valence-electron chi connectivity index (χ3n) is 7.51. The highest BCUT2D eigenvalue weighted by Crippen LogP contribution is 2.40. The summed E-state index contributed by atoms with van der Waals surface area (Å²) in [7, 11) is 0. The van der Waals surface area contributed by atoms with E-state index in [1.54, 1.807) is 29.1 Å². The largest absolute Gasteiger partial charge is 0.543 e. The fraction of sp³-hybridized carbons (Fsp3) is 0.400. The number of carbonyl (C=O) groups excluding carboxylic acids is 4. The lowest BCUT2D eigenvalue weighted by Crippen LogP contribution is -2.71. The van der Waals surface area contributed by atoms with Gasteiger partial charge in [-0.05, 0) is 38.7 Å². The van der Waals surface area contributed by atoms with Crippen LogP contribution in [0, 0.1) is 0 Å². The first kappa shape index (κ1) is 28.5. The summed E-state index contributed by atoms with van der Waals surface area (Å²) in [6.07, 6.45) is 7.17. The molecular weight excluding hydrogens is 600 g/mol. The summed E-state index contributed by atoms with van der Waals surface area (Å²) >= 11 is 2.18. The maximum absolute atomic E-state index is 13.4. The van der Waals surface area contributed by atoms with Crippen molar-refractivity contribution in [2.45, 2.75) is 56.2 Å². The first-order chi connectivity index (χ1) is 20.7. The first-order valence-electron chi connectivity index (χ1n) is 13.3. The minimum atomic E-state index is -1.52. The summed E-state index contributed by atoms with van der Waals surface area (Å²) in [5, 5.41) is 25.3. The normalized spacial score (nSPS) is 21.4.